The van der Waals surface area contributed by atoms with Crippen molar-refractivity contribution in [3.05, 3.63) is 0 Å². The molecular formula is C11H17F6N3O. The molecule has 0 atom stereocenters. The highest BCUT2D eigenvalue weighted by molar-refractivity contribution is 5.80. The van der Waals surface area contributed by atoms with Crippen LogP contribution in [0.4, 0.5) is 26.3 Å². The third-order valence-electron chi connectivity index (χ3n) is 3.26. The molecule has 21 heavy (non-hydrogen) atoms. The van der Waals surface area contributed by atoms with Crippen LogP contribution in [0.5, 0.6) is 0 Å². The van der Waals surface area contributed by atoms with E-state index in [0.29, 0.717) is 24.4 Å². The van der Waals surface area contributed by atoms with Gasteiger partial charge >= 0.3 is 12.4 Å². The Morgan fingerprint density at radius 1 is 1.00 bits per heavy atom. The van der Waals surface area contributed by atoms with E-state index in [1.54, 1.807) is 0 Å². The van der Waals surface area contributed by atoms with E-state index in [0.717, 1.165) is 0 Å². The maximum atomic E-state index is 12.5. The minimum absolute atomic E-state index is 0.147. The number of nitrogens with zero attached hydrogens (tertiary/aromatic N) is 2. The second-order valence-corrected chi connectivity index (χ2v) is 4.83. The van der Waals surface area contributed by atoms with Crippen molar-refractivity contribution in [1.82, 2.24) is 9.80 Å². The minimum atomic E-state index is -5.63. The molecule has 2 N–H and O–H groups in total. The number of hydrogen-bond acceptors (Lipinski definition) is 3. The van der Waals surface area contributed by atoms with Gasteiger partial charge in [0.05, 0.1) is 0 Å². The Hall–Kier alpha value is -1.03. The van der Waals surface area contributed by atoms with Crippen LogP contribution in [0, 0.1) is 5.92 Å². The number of hydrogen-bond donors (Lipinski definition) is 1. The summed E-state index contributed by atoms with van der Waals surface area (Å²) in [6.07, 6.45) is -10.6. The van der Waals surface area contributed by atoms with Gasteiger partial charge in [-0.3, -0.25) is 9.69 Å². The summed E-state index contributed by atoms with van der Waals surface area (Å²) in [5.41, 5.74) is 5.32. The van der Waals surface area contributed by atoms with Crippen LogP contribution in [-0.2, 0) is 4.79 Å². The first-order valence-corrected chi connectivity index (χ1v) is 6.42. The first kappa shape index (κ1) is 18.0. The first-order chi connectivity index (χ1) is 9.57. The fourth-order valence-electron chi connectivity index (χ4n) is 2.15. The van der Waals surface area contributed by atoms with E-state index in [1.807, 2.05) is 4.90 Å². The Labute approximate surface area is 117 Å². The van der Waals surface area contributed by atoms with Crippen LogP contribution >= 0.6 is 0 Å². The Balaban J connectivity index is 2.67. The van der Waals surface area contributed by atoms with Crippen LogP contribution in [0.2, 0.25) is 0 Å². The summed E-state index contributed by atoms with van der Waals surface area (Å²) in [6, 6.07) is 0. The predicted octanol–water partition coefficient (Wildman–Crippen LogP) is 1.22. The molecule has 0 aromatic heterocycles. The molecule has 0 radical (unpaired) electrons. The highest BCUT2D eigenvalue weighted by Gasteiger charge is 2.62. The van der Waals surface area contributed by atoms with E-state index >= 15 is 0 Å². The quantitative estimate of drug-likeness (QED) is 0.792. The van der Waals surface area contributed by atoms with Crippen molar-refractivity contribution in [1.29, 1.82) is 0 Å². The summed E-state index contributed by atoms with van der Waals surface area (Å²) in [4.78, 5) is 14.0. The average molecular weight is 321 g/mol. The van der Waals surface area contributed by atoms with Crippen LogP contribution < -0.4 is 5.73 Å². The zero-order valence-corrected chi connectivity index (χ0v) is 11.2. The van der Waals surface area contributed by atoms with Crippen LogP contribution in [0.15, 0.2) is 0 Å². The Bertz CT molecular complexity index is 335. The van der Waals surface area contributed by atoms with Crippen molar-refractivity contribution in [2.45, 2.75) is 18.8 Å². The van der Waals surface area contributed by atoms with Crippen molar-refractivity contribution in [2.75, 3.05) is 39.3 Å². The number of carbonyl (C=O) groups is 1. The Morgan fingerprint density at radius 2 is 1.48 bits per heavy atom. The average Bonchev–Trinajstić information content (AvgIpc) is 2.33. The molecule has 4 nitrogen and oxygen atoms in total. The summed E-state index contributed by atoms with van der Waals surface area (Å²) < 4.78 is 74.8. The largest absolute Gasteiger partial charge is 0.409 e. The zero-order valence-electron chi connectivity index (χ0n) is 11.2. The minimum Gasteiger partial charge on any atom is -0.339 e. The number of carbonyl (C=O) groups excluding carboxylic acids is 1. The topological polar surface area (TPSA) is 49.6 Å². The third-order valence-corrected chi connectivity index (χ3v) is 3.26. The van der Waals surface area contributed by atoms with Crippen LogP contribution in [0.1, 0.15) is 6.42 Å². The molecule has 1 heterocycles. The van der Waals surface area contributed by atoms with Crippen molar-refractivity contribution in [3.8, 4) is 0 Å². The van der Waals surface area contributed by atoms with Gasteiger partial charge in [-0.1, -0.05) is 0 Å². The van der Waals surface area contributed by atoms with Crippen LogP contribution in [-0.4, -0.2) is 67.3 Å². The summed E-state index contributed by atoms with van der Waals surface area (Å²) >= 11 is 0. The maximum Gasteiger partial charge on any atom is 0.409 e. The fraction of sp³-hybridized carbons (Fsp3) is 0.909. The van der Waals surface area contributed by atoms with Crippen LogP contribution in [0.25, 0.3) is 0 Å². The summed E-state index contributed by atoms with van der Waals surface area (Å²) in [5.74, 6) is -5.87. The molecule has 1 aliphatic rings. The summed E-state index contributed by atoms with van der Waals surface area (Å²) in [5, 5.41) is 0. The lowest BCUT2D eigenvalue weighted by molar-refractivity contribution is -0.277. The van der Waals surface area contributed by atoms with Gasteiger partial charge in [0.25, 0.3) is 0 Å². The SMILES string of the molecule is NCCCN1CCN(C(=O)C(C(F)(F)F)C(F)(F)F)CC1. The van der Waals surface area contributed by atoms with Crippen molar-refractivity contribution >= 4 is 5.91 Å². The van der Waals surface area contributed by atoms with Crippen molar-refractivity contribution < 1.29 is 31.1 Å². The second kappa shape index (κ2) is 6.82. The molecule has 0 saturated carbocycles. The molecule has 0 bridgehead atoms. The molecule has 0 aromatic carbocycles. The lowest BCUT2D eigenvalue weighted by Crippen LogP contribution is -2.55. The standard InChI is InChI=1S/C11H17F6N3O/c12-10(13,14)8(11(15,16)17)9(21)20-6-4-19(5-7-20)3-1-2-18/h8H,1-7,18H2. The third kappa shape index (κ3) is 5.03. The van der Waals surface area contributed by atoms with Gasteiger partial charge in [-0.25, -0.2) is 0 Å². The van der Waals surface area contributed by atoms with Crippen LogP contribution in [0.3, 0.4) is 0 Å². The summed E-state index contributed by atoms with van der Waals surface area (Å²) in [6.45, 7) is 1.25. The van der Waals surface area contributed by atoms with E-state index in [4.69, 9.17) is 5.73 Å². The lowest BCUT2D eigenvalue weighted by atomic mass is 10.1. The number of alkyl halides is 6. The molecule has 0 unspecified atom stereocenters. The Kier molecular flexibility index (Phi) is 5.85. The molecule has 10 heteroatoms. The number of piperazine rings is 1. The molecule has 124 valence electrons. The molecule has 1 aliphatic heterocycles. The van der Waals surface area contributed by atoms with E-state index in [9.17, 15) is 31.1 Å². The lowest BCUT2D eigenvalue weighted by Gasteiger charge is -2.37. The van der Waals surface area contributed by atoms with Gasteiger partial charge < -0.3 is 10.6 Å². The van der Waals surface area contributed by atoms with Gasteiger partial charge in [-0.2, -0.15) is 26.3 Å². The van der Waals surface area contributed by atoms with Gasteiger partial charge in [0.1, 0.15) is 0 Å². The fourth-order valence-corrected chi connectivity index (χ4v) is 2.15. The highest BCUT2D eigenvalue weighted by Crippen LogP contribution is 2.40. The smallest absolute Gasteiger partial charge is 0.339 e. The second-order valence-electron chi connectivity index (χ2n) is 4.83. The normalized spacial score (nSPS) is 18.4. The zero-order chi connectivity index (χ0) is 16.3. The molecule has 0 spiro atoms. The summed E-state index contributed by atoms with van der Waals surface area (Å²) in [7, 11) is 0. The van der Waals surface area contributed by atoms with E-state index < -0.39 is 24.2 Å². The predicted molar refractivity (Wildman–Crippen MR) is 62.3 cm³/mol. The van der Waals surface area contributed by atoms with Gasteiger partial charge in [-0.05, 0) is 19.5 Å². The Morgan fingerprint density at radius 3 is 1.86 bits per heavy atom. The number of nitrogens with two attached hydrogens (primary N) is 1. The number of halogens is 6. The van der Waals surface area contributed by atoms with Gasteiger partial charge in [-0.15, -0.1) is 0 Å². The molecule has 0 aliphatic carbocycles. The molecule has 1 rings (SSSR count). The maximum absolute atomic E-state index is 12.5. The van der Waals surface area contributed by atoms with Gasteiger partial charge in [0, 0.05) is 26.2 Å². The monoisotopic (exact) mass is 321 g/mol. The highest BCUT2D eigenvalue weighted by atomic mass is 19.4. The molecular weight excluding hydrogens is 304 g/mol. The molecule has 1 saturated heterocycles. The number of amides is 1. The number of rotatable bonds is 4. The van der Waals surface area contributed by atoms with Gasteiger partial charge in [0.15, 0.2) is 0 Å². The van der Waals surface area contributed by atoms with Crippen molar-refractivity contribution in [3.63, 3.8) is 0 Å². The van der Waals surface area contributed by atoms with Crippen molar-refractivity contribution in [2.24, 2.45) is 11.7 Å². The molecule has 1 amide bonds. The van der Waals surface area contributed by atoms with E-state index in [2.05, 4.69) is 0 Å². The van der Waals surface area contributed by atoms with Gasteiger partial charge in [0.2, 0.25) is 11.8 Å². The first-order valence-electron chi connectivity index (χ1n) is 6.42. The molecule has 1 fully saturated rings. The van der Waals surface area contributed by atoms with E-state index in [-0.39, 0.29) is 26.2 Å². The molecule has 0 aromatic rings. The van der Waals surface area contributed by atoms with E-state index in [1.165, 1.54) is 0 Å².